The molecule has 0 aliphatic heterocycles. The quantitative estimate of drug-likeness (QED) is 0.462. The fourth-order valence-corrected chi connectivity index (χ4v) is 2.25. The van der Waals surface area contributed by atoms with Gasteiger partial charge in [0, 0.05) is 17.5 Å². The predicted octanol–water partition coefficient (Wildman–Crippen LogP) is 1.33. The minimum absolute atomic E-state index is 0.0166. The van der Waals surface area contributed by atoms with E-state index in [0.29, 0.717) is 0 Å². The molecule has 17 heavy (non-hydrogen) atoms. The van der Waals surface area contributed by atoms with E-state index in [4.69, 9.17) is 5.84 Å². The topological polar surface area (TPSA) is 68.0 Å². The molecule has 0 bridgehead atoms. The van der Waals surface area contributed by atoms with Crippen molar-refractivity contribution in [1.29, 1.82) is 0 Å². The van der Waals surface area contributed by atoms with Crippen LogP contribution in [0.5, 0.6) is 0 Å². The minimum atomic E-state index is -0.0804. The van der Waals surface area contributed by atoms with Gasteiger partial charge in [0.25, 0.3) is 0 Å². The summed E-state index contributed by atoms with van der Waals surface area (Å²) in [6.45, 7) is 0. The molecule has 2 unspecified atom stereocenters. The van der Waals surface area contributed by atoms with Crippen LogP contribution in [0.25, 0.3) is 10.9 Å². The number of carbonyl (C=O) groups excluding carboxylic acids is 1. The number of nitrogens with one attached hydrogen (secondary N) is 1. The Balaban J connectivity index is 1.90. The molecular weight excluding hydrogens is 214 g/mol. The summed E-state index contributed by atoms with van der Waals surface area (Å²) in [5, 5.41) is 1.11. The van der Waals surface area contributed by atoms with Crippen molar-refractivity contribution < 1.29 is 4.79 Å². The Labute approximate surface area is 98.8 Å². The van der Waals surface area contributed by atoms with Crippen molar-refractivity contribution >= 4 is 16.8 Å². The SMILES string of the molecule is NNC(=O)C1CC1c1cnc2ccccc2c1. The summed E-state index contributed by atoms with van der Waals surface area (Å²) in [6, 6.07) is 10.1. The van der Waals surface area contributed by atoms with Crippen LogP contribution >= 0.6 is 0 Å². The average molecular weight is 227 g/mol. The summed E-state index contributed by atoms with van der Waals surface area (Å²) >= 11 is 0. The Morgan fingerprint density at radius 2 is 2.24 bits per heavy atom. The molecule has 0 radical (unpaired) electrons. The number of pyridine rings is 1. The van der Waals surface area contributed by atoms with E-state index >= 15 is 0 Å². The number of para-hydroxylation sites is 1. The van der Waals surface area contributed by atoms with Crippen molar-refractivity contribution in [2.75, 3.05) is 0 Å². The molecule has 2 atom stereocenters. The molecule has 3 rings (SSSR count). The summed E-state index contributed by atoms with van der Waals surface area (Å²) in [7, 11) is 0. The van der Waals surface area contributed by atoms with Gasteiger partial charge in [0.1, 0.15) is 0 Å². The highest BCUT2D eigenvalue weighted by Gasteiger charge is 2.43. The van der Waals surface area contributed by atoms with Gasteiger partial charge < -0.3 is 0 Å². The highest BCUT2D eigenvalue weighted by molar-refractivity contribution is 5.83. The van der Waals surface area contributed by atoms with E-state index in [2.05, 4.69) is 16.5 Å². The van der Waals surface area contributed by atoms with Crippen molar-refractivity contribution in [3.63, 3.8) is 0 Å². The van der Waals surface area contributed by atoms with Crippen LogP contribution in [0.2, 0.25) is 0 Å². The maximum Gasteiger partial charge on any atom is 0.237 e. The number of rotatable bonds is 2. The number of amides is 1. The third kappa shape index (κ3) is 1.76. The maximum atomic E-state index is 11.4. The van der Waals surface area contributed by atoms with Gasteiger partial charge in [0.05, 0.1) is 5.52 Å². The smallest absolute Gasteiger partial charge is 0.237 e. The molecule has 4 heteroatoms. The zero-order valence-electron chi connectivity index (χ0n) is 9.26. The zero-order valence-corrected chi connectivity index (χ0v) is 9.26. The van der Waals surface area contributed by atoms with E-state index in [1.807, 2.05) is 30.5 Å². The van der Waals surface area contributed by atoms with E-state index in [1.54, 1.807) is 0 Å². The fraction of sp³-hybridized carbons (Fsp3) is 0.231. The van der Waals surface area contributed by atoms with Crippen LogP contribution in [-0.2, 0) is 4.79 Å². The van der Waals surface area contributed by atoms with Gasteiger partial charge in [0.2, 0.25) is 5.91 Å². The Kier molecular flexibility index (Phi) is 2.30. The van der Waals surface area contributed by atoms with E-state index in [0.717, 1.165) is 22.9 Å². The molecule has 1 aromatic carbocycles. The van der Waals surface area contributed by atoms with Crippen molar-refractivity contribution in [3.8, 4) is 0 Å². The average Bonchev–Trinajstić information content (AvgIpc) is 3.17. The first-order valence-corrected chi connectivity index (χ1v) is 5.65. The number of hydrogen-bond acceptors (Lipinski definition) is 3. The Bertz CT molecular complexity index is 582. The standard InChI is InChI=1S/C13H13N3O/c14-16-13(17)11-6-10(11)9-5-8-3-1-2-4-12(8)15-7-9/h1-5,7,10-11H,6,14H2,(H,16,17). The largest absolute Gasteiger partial charge is 0.294 e. The normalized spacial score (nSPS) is 22.4. The highest BCUT2D eigenvalue weighted by atomic mass is 16.2. The summed E-state index contributed by atoms with van der Waals surface area (Å²) in [5.41, 5.74) is 4.31. The number of benzene rings is 1. The number of aromatic nitrogens is 1. The van der Waals surface area contributed by atoms with E-state index in [9.17, 15) is 4.79 Å². The summed E-state index contributed by atoms with van der Waals surface area (Å²) in [5.74, 6) is 5.34. The lowest BCUT2D eigenvalue weighted by Gasteiger charge is -2.02. The molecule has 1 saturated carbocycles. The van der Waals surface area contributed by atoms with Crippen molar-refractivity contribution in [2.45, 2.75) is 12.3 Å². The molecular formula is C13H13N3O. The van der Waals surface area contributed by atoms with Crippen molar-refractivity contribution in [1.82, 2.24) is 10.4 Å². The number of hydrazine groups is 1. The molecule has 1 fully saturated rings. The van der Waals surface area contributed by atoms with Gasteiger partial charge in [-0.25, -0.2) is 5.84 Å². The van der Waals surface area contributed by atoms with Crippen LogP contribution in [0, 0.1) is 5.92 Å². The molecule has 0 saturated heterocycles. The Morgan fingerprint density at radius 1 is 1.41 bits per heavy atom. The summed E-state index contributed by atoms with van der Waals surface area (Å²) in [4.78, 5) is 15.8. The second-order valence-corrected chi connectivity index (χ2v) is 4.42. The second-order valence-electron chi connectivity index (χ2n) is 4.42. The number of hydrogen-bond donors (Lipinski definition) is 2. The molecule has 4 nitrogen and oxygen atoms in total. The zero-order chi connectivity index (χ0) is 11.8. The lowest BCUT2D eigenvalue weighted by Crippen LogP contribution is -2.31. The van der Waals surface area contributed by atoms with Gasteiger partial charge >= 0.3 is 0 Å². The van der Waals surface area contributed by atoms with Gasteiger partial charge in [-0.3, -0.25) is 15.2 Å². The first-order valence-electron chi connectivity index (χ1n) is 5.65. The van der Waals surface area contributed by atoms with Gasteiger partial charge in [-0.05, 0) is 30.0 Å². The number of nitrogens with zero attached hydrogens (tertiary/aromatic N) is 1. The molecule has 1 aliphatic rings. The molecule has 86 valence electrons. The molecule has 0 spiro atoms. The van der Waals surface area contributed by atoms with Crippen LogP contribution in [0.1, 0.15) is 17.9 Å². The molecule has 3 N–H and O–H groups in total. The van der Waals surface area contributed by atoms with E-state index < -0.39 is 0 Å². The molecule has 1 aromatic heterocycles. The number of fused-ring (bicyclic) bond motifs is 1. The van der Waals surface area contributed by atoms with E-state index in [-0.39, 0.29) is 17.7 Å². The van der Waals surface area contributed by atoms with Crippen LogP contribution in [0.4, 0.5) is 0 Å². The predicted molar refractivity (Wildman–Crippen MR) is 64.9 cm³/mol. The maximum absolute atomic E-state index is 11.4. The molecule has 1 aliphatic carbocycles. The third-order valence-corrected chi connectivity index (χ3v) is 3.31. The van der Waals surface area contributed by atoms with Crippen LogP contribution in [-0.4, -0.2) is 10.9 Å². The lowest BCUT2D eigenvalue weighted by molar-refractivity contribution is -0.122. The minimum Gasteiger partial charge on any atom is -0.294 e. The first-order chi connectivity index (χ1) is 8.29. The van der Waals surface area contributed by atoms with Crippen LogP contribution in [0.3, 0.4) is 0 Å². The lowest BCUT2D eigenvalue weighted by atomic mass is 10.1. The Morgan fingerprint density at radius 3 is 3.06 bits per heavy atom. The van der Waals surface area contributed by atoms with Gasteiger partial charge in [-0.15, -0.1) is 0 Å². The Hall–Kier alpha value is -1.94. The van der Waals surface area contributed by atoms with E-state index in [1.165, 1.54) is 0 Å². The molecule has 1 heterocycles. The molecule has 2 aromatic rings. The fourth-order valence-electron chi connectivity index (χ4n) is 2.25. The third-order valence-electron chi connectivity index (χ3n) is 3.31. The van der Waals surface area contributed by atoms with Crippen molar-refractivity contribution in [3.05, 3.63) is 42.1 Å². The van der Waals surface area contributed by atoms with Crippen LogP contribution < -0.4 is 11.3 Å². The second kappa shape index (κ2) is 3.82. The summed E-state index contributed by atoms with van der Waals surface area (Å²) < 4.78 is 0. The summed E-state index contributed by atoms with van der Waals surface area (Å²) in [6.07, 6.45) is 2.72. The monoisotopic (exact) mass is 227 g/mol. The van der Waals surface area contributed by atoms with Gasteiger partial charge in [0.15, 0.2) is 0 Å². The molecule has 1 amide bonds. The number of carbonyl (C=O) groups is 1. The van der Waals surface area contributed by atoms with Gasteiger partial charge in [-0.2, -0.15) is 0 Å². The number of nitrogens with two attached hydrogens (primary N) is 1. The van der Waals surface area contributed by atoms with Crippen LogP contribution in [0.15, 0.2) is 36.5 Å². The van der Waals surface area contributed by atoms with Crippen molar-refractivity contribution in [2.24, 2.45) is 11.8 Å². The highest BCUT2D eigenvalue weighted by Crippen LogP contribution is 2.47. The first kappa shape index (κ1) is 10.2. The van der Waals surface area contributed by atoms with Gasteiger partial charge in [-0.1, -0.05) is 18.2 Å².